The molecular formula is C29H44N6O9. The molecule has 15 heteroatoms. The van der Waals surface area contributed by atoms with Crippen molar-refractivity contribution in [3.8, 4) is 5.75 Å². The Morgan fingerprint density at radius 2 is 1.57 bits per heavy atom. The number of hydrogen-bond acceptors (Lipinski definition) is 9. The molecule has 10 N–H and O–H groups in total. The zero-order chi connectivity index (χ0) is 33.1. The van der Waals surface area contributed by atoms with Crippen LogP contribution in [0.2, 0.25) is 0 Å². The first-order chi connectivity index (χ1) is 20.6. The maximum absolute atomic E-state index is 13.5. The molecule has 0 aromatic heterocycles. The van der Waals surface area contributed by atoms with Crippen molar-refractivity contribution in [3.63, 3.8) is 0 Å². The van der Waals surface area contributed by atoms with E-state index in [2.05, 4.69) is 16.0 Å². The third-order valence-electron chi connectivity index (χ3n) is 7.25. The van der Waals surface area contributed by atoms with E-state index in [1.54, 1.807) is 0 Å². The number of carbonyl (C=O) groups excluding carboxylic acids is 5. The van der Waals surface area contributed by atoms with Gasteiger partial charge in [-0.25, -0.2) is 4.79 Å². The van der Waals surface area contributed by atoms with Crippen LogP contribution in [0.5, 0.6) is 5.75 Å². The Hall–Kier alpha value is -4.24. The molecule has 1 aliphatic rings. The van der Waals surface area contributed by atoms with E-state index in [-0.39, 0.29) is 43.9 Å². The van der Waals surface area contributed by atoms with Crippen molar-refractivity contribution >= 4 is 35.5 Å². The van der Waals surface area contributed by atoms with Gasteiger partial charge in [0.1, 0.15) is 29.9 Å². The molecule has 244 valence electrons. The van der Waals surface area contributed by atoms with E-state index in [9.17, 15) is 44.1 Å². The predicted octanol–water partition coefficient (Wildman–Crippen LogP) is -1.52. The lowest BCUT2D eigenvalue weighted by atomic mass is 10.0. The van der Waals surface area contributed by atoms with Crippen molar-refractivity contribution < 1.29 is 44.1 Å². The highest BCUT2D eigenvalue weighted by Gasteiger charge is 2.39. The molecule has 0 aliphatic carbocycles. The number of primary amides is 1. The van der Waals surface area contributed by atoms with Gasteiger partial charge in [0.15, 0.2) is 0 Å². The van der Waals surface area contributed by atoms with Crippen LogP contribution in [0.25, 0.3) is 0 Å². The van der Waals surface area contributed by atoms with Gasteiger partial charge >= 0.3 is 5.97 Å². The van der Waals surface area contributed by atoms with Crippen LogP contribution in [0.3, 0.4) is 0 Å². The molecule has 5 amide bonds. The predicted molar refractivity (Wildman–Crippen MR) is 158 cm³/mol. The molecule has 1 fully saturated rings. The number of nitrogens with two attached hydrogens (primary N) is 2. The number of likely N-dealkylation sites (tertiary alicyclic amines) is 1. The van der Waals surface area contributed by atoms with E-state index in [0.29, 0.717) is 18.4 Å². The number of aliphatic hydroxyl groups is 1. The van der Waals surface area contributed by atoms with Crippen molar-refractivity contribution in [1.29, 1.82) is 0 Å². The summed E-state index contributed by atoms with van der Waals surface area (Å²) in [5, 5.41) is 37.0. The smallest absolute Gasteiger partial charge is 0.326 e. The number of benzene rings is 1. The highest BCUT2D eigenvalue weighted by molar-refractivity contribution is 5.96. The van der Waals surface area contributed by atoms with Gasteiger partial charge in [0.2, 0.25) is 29.5 Å². The molecule has 1 aliphatic heterocycles. The van der Waals surface area contributed by atoms with Crippen LogP contribution in [0.4, 0.5) is 0 Å². The summed E-state index contributed by atoms with van der Waals surface area (Å²) < 4.78 is 0. The summed E-state index contributed by atoms with van der Waals surface area (Å²) in [7, 11) is 0. The van der Waals surface area contributed by atoms with Gasteiger partial charge in [0, 0.05) is 19.4 Å². The van der Waals surface area contributed by atoms with Gasteiger partial charge in [-0.3, -0.25) is 24.0 Å². The molecule has 0 unspecified atom stereocenters. The van der Waals surface area contributed by atoms with Crippen LogP contribution in [-0.4, -0.2) is 98.6 Å². The number of nitrogens with zero attached hydrogens (tertiary/aromatic N) is 1. The van der Waals surface area contributed by atoms with Crippen LogP contribution in [0, 0.1) is 5.92 Å². The van der Waals surface area contributed by atoms with Gasteiger partial charge in [0.25, 0.3) is 0 Å². The third kappa shape index (κ3) is 10.8. The first-order valence-electron chi connectivity index (χ1n) is 14.5. The molecule has 1 heterocycles. The Kier molecular flexibility index (Phi) is 13.5. The van der Waals surface area contributed by atoms with Crippen LogP contribution in [0.1, 0.15) is 58.4 Å². The fourth-order valence-electron chi connectivity index (χ4n) is 4.92. The maximum Gasteiger partial charge on any atom is 0.326 e. The monoisotopic (exact) mass is 620 g/mol. The molecule has 0 radical (unpaired) electrons. The second kappa shape index (κ2) is 16.6. The zero-order valence-corrected chi connectivity index (χ0v) is 25.2. The number of rotatable bonds is 16. The van der Waals surface area contributed by atoms with E-state index in [4.69, 9.17) is 11.5 Å². The van der Waals surface area contributed by atoms with Gasteiger partial charge in [-0.15, -0.1) is 0 Å². The first kappa shape index (κ1) is 36.0. The number of amides is 5. The summed E-state index contributed by atoms with van der Waals surface area (Å²) in [6, 6.07) is -0.394. The largest absolute Gasteiger partial charge is 0.508 e. The minimum atomic E-state index is -1.61. The number of aliphatic carboxylic acids is 1. The van der Waals surface area contributed by atoms with Crippen LogP contribution in [0.15, 0.2) is 24.3 Å². The Labute approximate surface area is 255 Å². The van der Waals surface area contributed by atoms with Gasteiger partial charge in [-0.2, -0.15) is 0 Å². The topological polar surface area (TPSA) is 254 Å². The summed E-state index contributed by atoms with van der Waals surface area (Å²) in [6.07, 6.45) is -1.02. The zero-order valence-electron chi connectivity index (χ0n) is 25.2. The number of aromatic hydroxyl groups is 1. The minimum Gasteiger partial charge on any atom is -0.508 e. The normalized spacial score (nSPS) is 18.0. The van der Waals surface area contributed by atoms with E-state index < -0.39 is 71.8 Å². The minimum absolute atomic E-state index is 0.0221. The van der Waals surface area contributed by atoms with Crippen LogP contribution in [-0.2, 0) is 35.2 Å². The summed E-state index contributed by atoms with van der Waals surface area (Å²) in [5.74, 6) is -5.02. The first-order valence-corrected chi connectivity index (χ1v) is 14.5. The van der Waals surface area contributed by atoms with E-state index >= 15 is 0 Å². The van der Waals surface area contributed by atoms with Gasteiger partial charge < -0.3 is 47.6 Å². The lowest BCUT2D eigenvalue weighted by molar-refractivity contribution is -0.149. The second-order valence-electron chi connectivity index (χ2n) is 11.5. The molecule has 44 heavy (non-hydrogen) atoms. The van der Waals surface area contributed by atoms with E-state index in [1.807, 2.05) is 13.8 Å². The van der Waals surface area contributed by atoms with Gasteiger partial charge in [0.05, 0.1) is 12.1 Å². The molecule has 2 rings (SSSR count). The highest BCUT2D eigenvalue weighted by Crippen LogP contribution is 2.20. The van der Waals surface area contributed by atoms with Gasteiger partial charge in [-0.1, -0.05) is 26.0 Å². The summed E-state index contributed by atoms with van der Waals surface area (Å²) in [4.78, 5) is 77.2. The van der Waals surface area contributed by atoms with Crippen molar-refractivity contribution in [1.82, 2.24) is 20.9 Å². The Morgan fingerprint density at radius 3 is 2.11 bits per heavy atom. The molecule has 1 aromatic rings. The quantitative estimate of drug-likeness (QED) is 0.106. The molecule has 1 saturated heterocycles. The summed E-state index contributed by atoms with van der Waals surface area (Å²) >= 11 is 0. The summed E-state index contributed by atoms with van der Waals surface area (Å²) in [5.41, 5.74) is 11.7. The summed E-state index contributed by atoms with van der Waals surface area (Å²) in [6.45, 7) is 5.12. The molecule has 0 bridgehead atoms. The standard InChI is InChI=1S/C29H44N6O9/c1-15(2)13-19(30)25(39)32-20(10-11-23(31)38)26(40)34-24(16(3)36)27(41)33-21(14-17-6-8-18(37)9-7-17)28(42)35-12-4-5-22(35)29(43)44/h6-9,15-16,19-22,24,36-37H,4-5,10-14,30H2,1-3H3,(H2,31,38)(H,32,39)(H,33,41)(H,34,40)(H,43,44)/t16-,19+,20+,21+,22+,24+/m1/s1. The Balaban J connectivity index is 2.28. The molecule has 6 atom stereocenters. The molecular weight excluding hydrogens is 576 g/mol. The SMILES string of the molecule is CC(C)C[C@H](N)C(=O)N[C@@H](CCC(N)=O)C(=O)N[C@H](C(=O)N[C@@H](Cc1ccc(O)cc1)C(=O)N1CCC[C@H]1C(=O)O)[C@@H](C)O. The maximum atomic E-state index is 13.5. The number of nitrogens with one attached hydrogen (secondary N) is 3. The Bertz CT molecular complexity index is 1190. The molecule has 1 aromatic carbocycles. The van der Waals surface area contributed by atoms with Crippen molar-refractivity contribution in [3.05, 3.63) is 29.8 Å². The number of carboxylic acids is 1. The number of aliphatic hydroxyl groups excluding tert-OH is 1. The number of hydrogen-bond donors (Lipinski definition) is 8. The molecule has 0 spiro atoms. The van der Waals surface area contributed by atoms with E-state index in [1.165, 1.54) is 36.1 Å². The lowest BCUT2D eigenvalue weighted by Crippen LogP contribution is -2.61. The Morgan fingerprint density at radius 1 is 0.955 bits per heavy atom. The van der Waals surface area contributed by atoms with Crippen molar-refractivity contribution in [2.75, 3.05) is 6.54 Å². The average molecular weight is 621 g/mol. The lowest BCUT2D eigenvalue weighted by Gasteiger charge is -2.30. The number of phenolic OH excluding ortho intramolecular Hbond substituents is 1. The fraction of sp³-hybridized carbons (Fsp3) is 0.586. The third-order valence-corrected chi connectivity index (χ3v) is 7.25. The van der Waals surface area contributed by atoms with Crippen LogP contribution < -0.4 is 27.4 Å². The highest BCUT2D eigenvalue weighted by atomic mass is 16.4. The molecule has 15 nitrogen and oxygen atoms in total. The van der Waals surface area contributed by atoms with Gasteiger partial charge in [-0.05, 0) is 56.2 Å². The number of carbonyl (C=O) groups is 6. The van der Waals surface area contributed by atoms with Crippen molar-refractivity contribution in [2.45, 2.75) is 95.6 Å². The fourth-order valence-corrected chi connectivity index (χ4v) is 4.92. The number of carboxylic acid groups (broad SMARTS) is 1. The molecule has 0 saturated carbocycles. The second-order valence-corrected chi connectivity index (χ2v) is 11.5. The average Bonchev–Trinajstić information content (AvgIpc) is 3.44. The van der Waals surface area contributed by atoms with Crippen molar-refractivity contribution in [2.24, 2.45) is 17.4 Å². The number of phenols is 1. The van der Waals surface area contributed by atoms with E-state index in [0.717, 1.165) is 0 Å². The van der Waals surface area contributed by atoms with Crippen LogP contribution >= 0.6 is 0 Å².